The molecule has 3 rings (SSSR count). The molecule has 0 spiro atoms. The van der Waals surface area contributed by atoms with Crippen LogP contribution in [0.1, 0.15) is 5.56 Å². The van der Waals surface area contributed by atoms with Gasteiger partial charge in [0.15, 0.2) is 0 Å². The van der Waals surface area contributed by atoms with Crippen molar-refractivity contribution in [2.24, 2.45) is 5.10 Å². The zero-order valence-corrected chi connectivity index (χ0v) is 13.3. The second-order valence-corrected chi connectivity index (χ2v) is 5.59. The Labute approximate surface area is 142 Å². The number of anilines is 1. The number of nitrogen functional groups attached to an aromatic ring is 1. The summed E-state index contributed by atoms with van der Waals surface area (Å²) in [5.74, 6) is -0.0895. The van der Waals surface area contributed by atoms with Crippen molar-refractivity contribution >= 4 is 35.4 Å². The fourth-order valence-corrected chi connectivity index (χ4v) is 2.49. The number of hydrogen-bond acceptors (Lipinski definition) is 3. The van der Waals surface area contributed by atoms with Crippen LogP contribution in [0.5, 0.6) is 0 Å². The number of halogens is 3. The number of benzene rings is 2. The zero-order valence-electron chi connectivity index (χ0n) is 11.7. The van der Waals surface area contributed by atoms with Gasteiger partial charge in [-0.05, 0) is 35.9 Å². The van der Waals surface area contributed by atoms with E-state index in [1.165, 1.54) is 16.8 Å². The molecule has 7 heteroatoms. The van der Waals surface area contributed by atoms with Gasteiger partial charge in [-0.1, -0.05) is 35.3 Å². The van der Waals surface area contributed by atoms with Crippen LogP contribution in [-0.4, -0.2) is 15.9 Å². The van der Waals surface area contributed by atoms with Crippen LogP contribution in [0.25, 0.3) is 11.3 Å². The molecule has 4 nitrogen and oxygen atoms in total. The highest BCUT2D eigenvalue weighted by atomic mass is 35.5. The Morgan fingerprint density at radius 1 is 1.13 bits per heavy atom. The van der Waals surface area contributed by atoms with Gasteiger partial charge in [0.1, 0.15) is 5.82 Å². The van der Waals surface area contributed by atoms with Gasteiger partial charge in [0.25, 0.3) is 0 Å². The van der Waals surface area contributed by atoms with Gasteiger partial charge in [0, 0.05) is 10.6 Å². The van der Waals surface area contributed by atoms with E-state index in [0.717, 1.165) is 5.56 Å². The number of nitrogens with two attached hydrogens (primary N) is 1. The van der Waals surface area contributed by atoms with Crippen LogP contribution in [0.2, 0.25) is 10.0 Å². The van der Waals surface area contributed by atoms with Crippen molar-refractivity contribution in [3.8, 4) is 11.3 Å². The molecule has 3 aromatic rings. The summed E-state index contributed by atoms with van der Waals surface area (Å²) in [5, 5.41) is 5.23. The molecule has 2 aromatic carbocycles. The van der Waals surface area contributed by atoms with Crippen molar-refractivity contribution < 1.29 is 4.39 Å². The smallest absolute Gasteiger partial charge is 0.221 e. The highest BCUT2D eigenvalue weighted by molar-refractivity contribution is 6.36. The Kier molecular flexibility index (Phi) is 4.32. The lowest BCUT2D eigenvalue weighted by Gasteiger charge is -2.00. The number of imidazole rings is 1. The molecule has 0 unspecified atom stereocenters. The number of aromatic nitrogens is 2. The molecule has 0 atom stereocenters. The van der Waals surface area contributed by atoms with Crippen LogP contribution in [0.15, 0.2) is 53.8 Å². The molecule has 0 aliphatic heterocycles. The number of rotatable bonds is 3. The summed E-state index contributed by atoms with van der Waals surface area (Å²) in [6, 6.07) is 11.1. The summed E-state index contributed by atoms with van der Waals surface area (Å²) in [6.07, 6.45) is 3.22. The van der Waals surface area contributed by atoms with Crippen LogP contribution in [0.4, 0.5) is 10.3 Å². The van der Waals surface area contributed by atoms with Gasteiger partial charge in [-0.15, -0.1) is 0 Å². The van der Waals surface area contributed by atoms with E-state index in [-0.39, 0.29) is 11.8 Å². The fourth-order valence-electron chi connectivity index (χ4n) is 1.98. The molecule has 0 bridgehead atoms. The molecular formula is C16H11Cl2FN4. The molecule has 0 saturated heterocycles. The van der Waals surface area contributed by atoms with Gasteiger partial charge < -0.3 is 5.73 Å². The van der Waals surface area contributed by atoms with E-state index in [4.69, 9.17) is 28.9 Å². The van der Waals surface area contributed by atoms with Crippen molar-refractivity contribution in [1.29, 1.82) is 0 Å². The van der Waals surface area contributed by atoms with Crippen molar-refractivity contribution in [2.75, 3.05) is 5.73 Å². The van der Waals surface area contributed by atoms with Crippen molar-refractivity contribution in [3.63, 3.8) is 0 Å². The fraction of sp³-hybridized carbons (Fsp3) is 0. The van der Waals surface area contributed by atoms with E-state index in [0.29, 0.717) is 21.3 Å². The standard InChI is InChI=1S/C16H11Cl2FN4/c17-11-3-6-13(14(18)7-11)15-9-23(16(20)22-15)21-8-10-1-4-12(19)5-2-10/h1-9H,(H2,20,22)/b21-8-. The number of nitrogens with zero attached hydrogens (tertiary/aromatic N) is 3. The third kappa shape index (κ3) is 3.52. The first-order valence-corrected chi connectivity index (χ1v) is 7.39. The van der Waals surface area contributed by atoms with Gasteiger partial charge in [0.2, 0.25) is 5.95 Å². The lowest BCUT2D eigenvalue weighted by molar-refractivity contribution is 0.628. The summed E-state index contributed by atoms with van der Waals surface area (Å²) in [6.45, 7) is 0. The van der Waals surface area contributed by atoms with Gasteiger partial charge in [-0.2, -0.15) is 5.10 Å². The maximum Gasteiger partial charge on any atom is 0.221 e. The molecule has 1 heterocycles. The minimum atomic E-state index is -0.302. The molecule has 2 N–H and O–H groups in total. The third-order valence-electron chi connectivity index (χ3n) is 3.12. The summed E-state index contributed by atoms with van der Waals surface area (Å²) in [5.41, 5.74) is 7.89. The molecule has 0 aliphatic carbocycles. The molecule has 0 saturated carbocycles. The predicted octanol–water partition coefficient (Wildman–Crippen LogP) is 4.46. The highest BCUT2D eigenvalue weighted by Gasteiger charge is 2.10. The Morgan fingerprint density at radius 3 is 2.57 bits per heavy atom. The van der Waals surface area contributed by atoms with E-state index < -0.39 is 0 Å². The van der Waals surface area contributed by atoms with E-state index in [1.807, 2.05) is 0 Å². The van der Waals surface area contributed by atoms with Crippen LogP contribution >= 0.6 is 23.2 Å². The molecule has 0 fully saturated rings. The SMILES string of the molecule is Nc1nc(-c2ccc(Cl)cc2Cl)cn1/N=C\c1ccc(F)cc1. The average Bonchev–Trinajstić information content (AvgIpc) is 2.87. The zero-order chi connectivity index (χ0) is 16.4. The van der Waals surface area contributed by atoms with Crippen LogP contribution in [-0.2, 0) is 0 Å². The summed E-state index contributed by atoms with van der Waals surface area (Å²) in [4.78, 5) is 4.24. The van der Waals surface area contributed by atoms with Crippen molar-refractivity contribution in [3.05, 3.63) is 70.1 Å². The summed E-state index contributed by atoms with van der Waals surface area (Å²) < 4.78 is 14.3. The van der Waals surface area contributed by atoms with Crippen LogP contribution in [0, 0.1) is 5.82 Å². The molecule has 0 radical (unpaired) electrons. The monoisotopic (exact) mass is 348 g/mol. The minimum absolute atomic E-state index is 0.212. The van der Waals surface area contributed by atoms with Gasteiger partial charge in [-0.25, -0.2) is 14.1 Å². The Morgan fingerprint density at radius 2 is 1.87 bits per heavy atom. The van der Waals surface area contributed by atoms with E-state index >= 15 is 0 Å². The van der Waals surface area contributed by atoms with Gasteiger partial charge >= 0.3 is 0 Å². The normalized spacial score (nSPS) is 11.3. The Hall–Kier alpha value is -2.37. The van der Waals surface area contributed by atoms with E-state index in [9.17, 15) is 4.39 Å². The Balaban J connectivity index is 1.90. The summed E-state index contributed by atoms with van der Waals surface area (Å²) >= 11 is 12.0. The largest absolute Gasteiger partial charge is 0.368 e. The van der Waals surface area contributed by atoms with Gasteiger partial charge in [-0.3, -0.25) is 0 Å². The first kappa shape index (κ1) is 15.5. The molecule has 1 aromatic heterocycles. The lowest BCUT2D eigenvalue weighted by Crippen LogP contribution is -1.96. The number of hydrogen-bond donors (Lipinski definition) is 1. The second-order valence-electron chi connectivity index (χ2n) is 4.75. The predicted molar refractivity (Wildman–Crippen MR) is 91.5 cm³/mol. The Bertz CT molecular complexity index is 872. The van der Waals surface area contributed by atoms with E-state index in [1.54, 1.807) is 42.7 Å². The summed E-state index contributed by atoms with van der Waals surface area (Å²) in [7, 11) is 0. The maximum atomic E-state index is 12.9. The van der Waals surface area contributed by atoms with E-state index in [2.05, 4.69) is 10.1 Å². The van der Waals surface area contributed by atoms with Crippen molar-refractivity contribution in [1.82, 2.24) is 9.66 Å². The topological polar surface area (TPSA) is 56.2 Å². The third-order valence-corrected chi connectivity index (χ3v) is 3.67. The molecule has 116 valence electrons. The minimum Gasteiger partial charge on any atom is -0.368 e. The quantitative estimate of drug-likeness (QED) is 0.710. The first-order valence-electron chi connectivity index (χ1n) is 6.63. The van der Waals surface area contributed by atoms with Crippen LogP contribution < -0.4 is 5.73 Å². The molecular weight excluding hydrogens is 338 g/mol. The molecule has 0 aliphatic rings. The van der Waals surface area contributed by atoms with Crippen molar-refractivity contribution in [2.45, 2.75) is 0 Å². The highest BCUT2D eigenvalue weighted by Crippen LogP contribution is 2.30. The molecule has 23 heavy (non-hydrogen) atoms. The van der Waals surface area contributed by atoms with Crippen LogP contribution in [0.3, 0.4) is 0 Å². The van der Waals surface area contributed by atoms with Gasteiger partial charge in [0.05, 0.1) is 23.1 Å². The maximum absolute atomic E-state index is 12.9. The lowest BCUT2D eigenvalue weighted by atomic mass is 10.2. The second kappa shape index (κ2) is 6.40. The first-order chi connectivity index (χ1) is 11.0. The average molecular weight is 349 g/mol. The molecule has 0 amide bonds.